The van der Waals surface area contributed by atoms with E-state index in [9.17, 15) is 13.2 Å². The lowest BCUT2D eigenvalue weighted by Gasteiger charge is -2.06. The summed E-state index contributed by atoms with van der Waals surface area (Å²) in [6.07, 6.45) is 0. The highest BCUT2D eigenvalue weighted by molar-refractivity contribution is 7.87. The van der Waals surface area contributed by atoms with Crippen molar-refractivity contribution >= 4 is 27.0 Å². The van der Waals surface area contributed by atoms with Crippen LogP contribution in [-0.4, -0.2) is 13.7 Å². The molecule has 0 aliphatic rings. The molecule has 0 heterocycles. The van der Waals surface area contributed by atoms with Crippen molar-refractivity contribution in [2.75, 3.05) is 0 Å². The maximum absolute atomic E-state index is 11.9. The van der Waals surface area contributed by atoms with Crippen LogP contribution in [0, 0.1) is 0 Å². The molecule has 19 heavy (non-hydrogen) atoms. The van der Waals surface area contributed by atoms with Gasteiger partial charge < -0.3 is 4.18 Å². The first-order valence-corrected chi connectivity index (χ1v) is 7.07. The van der Waals surface area contributed by atoms with Gasteiger partial charge >= 0.3 is 10.1 Å². The Morgan fingerprint density at radius 2 is 1.53 bits per heavy atom. The van der Waals surface area contributed by atoms with Gasteiger partial charge in [-0.1, -0.05) is 18.2 Å². The van der Waals surface area contributed by atoms with Gasteiger partial charge in [-0.25, -0.2) is 0 Å². The third-order valence-electron chi connectivity index (χ3n) is 2.32. The van der Waals surface area contributed by atoms with E-state index in [1.807, 2.05) is 0 Å². The summed E-state index contributed by atoms with van der Waals surface area (Å²) in [5, 5.41) is -0.613. The maximum atomic E-state index is 11.9. The fourth-order valence-corrected chi connectivity index (χ4v) is 2.48. The maximum Gasteiger partial charge on any atom is 0.339 e. The Bertz CT molecular complexity index is 678. The Balaban J connectivity index is 2.24. The van der Waals surface area contributed by atoms with Crippen LogP contribution in [0.4, 0.5) is 0 Å². The van der Waals surface area contributed by atoms with Crippen LogP contribution in [-0.2, 0) is 10.1 Å². The molecule has 0 N–H and O–H groups in total. The summed E-state index contributed by atoms with van der Waals surface area (Å²) in [6.45, 7) is 0. The van der Waals surface area contributed by atoms with Crippen LogP contribution in [0.5, 0.6) is 5.75 Å². The molecule has 0 fully saturated rings. The zero-order valence-corrected chi connectivity index (χ0v) is 11.2. The molecule has 4 nitrogen and oxygen atoms in total. The van der Waals surface area contributed by atoms with Gasteiger partial charge in [0.15, 0.2) is 0 Å². The van der Waals surface area contributed by atoms with Gasteiger partial charge in [0.05, 0.1) is 0 Å². The van der Waals surface area contributed by atoms with Crippen LogP contribution >= 0.6 is 11.6 Å². The number of hydrogen-bond acceptors (Lipinski definition) is 4. The zero-order chi connectivity index (χ0) is 13.9. The summed E-state index contributed by atoms with van der Waals surface area (Å²) in [5.41, 5.74) is 0.270. The Morgan fingerprint density at radius 3 is 2.05 bits per heavy atom. The predicted molar refractivity (Wildman–Crippen MR) is 70.9 cm³/mol. The van der Waals surface area contributed by atoms with E-state index >= 15 is 0 Å². The number of hydrogen-bond donors (Lipinski definition) is 0. The van der Waals surface area contributed by atoms with Gasteiger partial charge in [-0.05, 0) is 48.0 Å². The molecule has 0 aliphatic heterocycles. The highest BCUT2D eigenvalue weighted by Crippen LogP contribution is 2.19. The molecule has 0 spiro atoms. The largest absolute Gasteiger partial charge is 0.379 e. The van der Waals surface area contributed by atoms with Crippen molar-refractivity contribution < 1.29 is 17.4 Å². The topological polar surface area (TPSA) is 60.4 Å². The van der Waals surface area contributed by atoms with Crippen LogP contribution in [0.3, 0.4) is 0 Å². The molecule has 98 valence electrons. The van der Waals surface area contributed by atoms with Crippen LogP contribution in [0.1, 0.15) is 10.4 Å². The molecule has 0 amide bonds. The van der Waals surface area contributed by atoms with Gasteiger partial charge in [0.2, 0.25) is 0 Å². The number of halogens is 1. The molecule has 0 atom stereocenters. The van der Waals surface area contributed by atoms with E-state index in [0.29, 0.717) is 0 Å². The van der Waals surface area contributed by atoms with E-state index < -0.39 is 15.4 Å². The van der Waals surface area contributed by atoms with Crippen LogP contribution < -0.4 is 4.18 Å². The molecular weight excluding hydrogens is 288 g/mol. The Morgan fingerprint density at radius 1 is 0.947 bits per heavy atom. The molecule has 2 aromatic carbocycles. The molecule has 0 saturated carbocycles. The highest BCUT2D eigenvalue weighted by Gasteiger charge is 2.16. The van der Waals surface area contributed by atoms with E-state index in [1.54, 1.807) is 18.2 Å². The average Bonchev–Trinajstić information content (AvgIpc) is 2.40. The number of carbonyl (C=O) groups excluding carboxylic acids is 1. The summed E-state index contributed by atoms with van der Waals surface area (Å²) in [7, 11) is -3.86. The molecular formula is C13H9ClO4S. The number of rotatable bonds is 4. The molecule has 0 radical (unpaired) electrons. The van der Waals surface area contributed by atoms with E-state index in [-0.39, 0.29) is 16.2 Å². The van der Waals surface area contributed by atoms with Crippen molar-refractivity contribution in [1.29, 1.82) is 0 Å². The Hall–Kier alpha value is -1.85. The minimum atomic E-state index is -3.86. The van der Waals surface area contributed by atoms with E-state index in [4.69, 9.17) is 15.8 Å². The lowest BCUT2D eigenvalue weighted by molar-refractivity contribution is 0.108. The monoisotopic (exact) mass is 296 g/mol. The molecule has 0 unspecified atom stereocenters. The van der Waals surface area contributed by atoms with Crippen molar-refractivity contribution in [2.45, 2.75) is 4.90 Å². The summed E-state index contributed by atoms with van der Waals surface area (Å²) in [4.78, 5) is 10.9. The normalized spacial score (nSPS) is 11.0. The summed E-state index contributed by atoms with van der Waals surface area (Å²) >= 11 is 5.29. The predicted octanol–water partition coefficient (Wildman–Crippen LogP) is 2.83. The Labute approximate surface area is 115 Å². The fraction of sp³-hybridized carbons (Fsp3) is 0. The second kappa shape index (κ2) is 5.42. The highest BCUT2D eigenvalue weighted by atomic mass is 35.5. The number of benzene rings is 2. The average molecular weight is 297 g/mol. The smallest absolute Gasteiger partial charge is 0.339 e. The van der Waals surface area contributed by atoms with Gasteiger partial charge in [-0.3, -0.25) is 4.79 Å². The summed E-state index contributed by atoms with van der Waals surface area (Å²) in [5.74, 6) is 0.116. The lowest BCUT2D eigenvalue weighted by atomic mass is 10.2. The first-order chi connectivity index (χ1) is 8.99. The van der Waals surface area contributed by atoms with Crippen molar-refractivity contribution in [3.8, 4) is 5.75 Å². The second-order valence-corrected chi connectivity index (χ2v) is 5.54. The van der Waals surface area contributed by atoms with E-state index in [2.05, 4.69) is 0 Å². The SMILES string of the molecule is O=C(Cl)c1ccc(OS(=O)(=O)c2ccccc2)cc1. The molecule has 0 saturated heterocycles. The Kier molecular flexibility index (Phi) is 3.87. The molecule has 2 aromatic rings. The van der Waals surface area contributed by atoms with E-state index in [0.717, 1.165) is 0 Å². The standard InChI is InChI=1S/C13H9ClO4S/c14-13(15)10-6-8-11(9-7-10)18-19(16,17)12-4-2-1-3-5-12/h1-9H. The fourth-order valence-electron chi connectivity index (χ4n) is 1.40. The minimum Gasteiger partial charge on any atom is -0.379 e. The van der Waals surface area contributed by atoms with Gasteiger partial charge in [0, 0.05) is 5.56 Å². The van der Waals surface area contributed by atoms with Gasteiger partial charge in [0.25, 0.3) is 5.24 Å². The van der Waals surface area contributed by atoms with Crippen LogP contribution in [0.15, 0.2) is 59.5 Å². The van der Waals surface area contributed by atoms with Crippen LogP contribution in [0.25, 0.3) is 0 Å². The molecule has 6 heteroatoms. The van der Waals surface area contributed by atoms with Crippen molar-refractivity contribution in [2.24, 2.45) is 0 Å². The number of carbonyl (C=O) groups is 1. The minimum absolute atomic E-state index is 0.0625. The van der Waals surface area contributed by atoms with Gasteiger partial charge in [-0.15, -0.1) is 0 Å². The first kappa shape index (κ1) is 13.6. The first-order valence-electron chi connectivity index (χ1n) is 5.28. The third kappa shape index (κ3) is 3.33. The third-order valence-corrected chi connectivity index (χ3v) is 3.80. The van der Waals surface area contributed by atoms with Crippen LogP contribution in [0.2, 0.25) is 0 Å². The summed E-state index contributed by atoms with van der Waals surface area (Å²) < 4.78 is 28.8. The van der Waals surface area contributed by atoms with Gasteiger partial charge in [-0.2, -0.15) is 8.42 Å². The molecule has 0 aromatic heterocycles. The van der Waals surface area contributed by atoms with Gasteiger partial charge in [0.1, 0.15) is 10.6 Å². The van der Waals surface area contributed by atoms with E-state index in [1.165, 1.54) is 36.4 Å². The molecule has 0 aliphatic carbocycles. The van der Waals surface area contributed by atoms with Crippen molar-refractivity contribution in [3.05, 3.63) is 60.2 Å². The van der Waals surface area contributed by atoms with Crippen molar-refractivity contribution in [3.63, 3.8) is 0 Å². The van der Waals surface area contributed by atoms with Crippen molar-refractivity contribution in [1.82, 2.24) is 0 Å². The lowest BCUT2D eigenvalue weighted by Crippen LogP contribution is -2.09. The molecule has 2 rings (SSSR count). The molecule has 0 bridgehead atoms. The zero-order valence-electron chi connectivity index (χ0n) is 9.62. The second-order valence-electron chi connectivity index (χ2n) is 3.65. The quantitative estimate of drug-likeness (QED) is 0.643. The summed E-state index contributed by atoms with van der Waals surface area (Å²) in [6, 6.07) is 13.3.